The number of carbonyl (C=O) groups is 1. The van der Waals surface area contributed by atoms with Gasteiger partial charge in [-0.2, -0.15) is 0 Å². The van der Waals surface area contributed by atoms with E-state index in [9.17, 15) is 4.79 Å². The highest BCUT2D eigenvalue weighted by atomic mass is 16.1. The van der Waals surface area contributed by atoms with Crippen molar-refractivity contribution in [2.24, 2.45) is 0 Å². The van der Waals surface area contributed by atoms with Gasteiger partial charge in [-0.05, 0) is 37.4 Å². The van der Waals surface area contributed by atoms with Crippen LogP contribution >= 0.6 is 0 Å². The largest absolute Gasteiger partial charge is 0.348 e. The van der Waals surface area contributed by atoms with Crippen molar-refractivity contribution in [1.29, 1.82) is 0 Å². The number of hydrogen-bond donors (Lipinski definition) is 1. The van der Waals surface area contributed by atoms with Crippen LogP contribution in [0.1, 0.15) is 21.5 Å². The number of amides is 1. The lowest BCUT2D eigenvalue weighted by Gasteiger charge is -2.10. The molecule has 0 heterocycles. The summed E-state index contributed by atoms with van der Waals surface area (Å²) in [4.78, 5) is 14.0. The van der Waals surface area contributed by atoms with Gasteiger partial charge < -0.3 is 10.2 Å². The Kier molecular flexibility index (Phi) is 4.91. The summed E-state index contributed by atoms with van der Waals surface area (Å²) < 4.78 is 0. The second-order valence-electron chi connectivity index (χ2n) is 5.10. The molecule has 0 aliphatic heterocycles. The minimum atomic E-state index is -0.0389. The molecule has 1 amide bonds. The first-order valence-corrected chi connectivity index (χ1v) is 6.71. The highest BCUT2D eigenvalue weighted by Crippen LogP contribution is 2.06. The highest BCUT2D eigenvalue weighted by Gasteiger charge is 2.03. The first kappa shape index (κ1) is 14.3. The van der Waals surface area contributed by atoms with Gasteiger partial charge in [0, 0.05) is 18.7 Å². The van der Waals surface area contributed by atoms with Gasteiger partial charge in [-0.25, -0.2) is 0 Å². The van der Waals surface area contributed by atoms with Crippen molar-refractivity contribution in [2.45, 2.75) is 13.1 Å². The SMILES string of the molecule is CN(C)Cc1ccc(CNC(=O)c2ccccc2)cc1. The monoisotopic (exact) mass is 268 g/mol. The standard InChI is InChI=1S/C17H20N2O/c1-19(2)13-15-10-8-14(9-11-15)12-18-17(20)16-6-4-3-5-7-16/h3-11H,12-13H2,1-2H3,(H,18,20). The Morgan fingerprint density at radius 3 is 2.15 bits per heavy atom. The van der Waals surface area contributed by atoms with Gasteiger partial charge in [0.1, 0.15) is 0 Å². The maximum atomic E-state index is 11.9. The summed E-state index contributed by atoms with van der Waals surface area (Å²) in [6.07, 6.45) is 0. The average molecular weight is 268 g/mol. The van der Waals surface area contributed by atoms with E-state index in [1.54, 1.807) is 0 Å². The summed E-state index contributed by atoms with van der Waals surface area (Å²) in [7, 11) is 4.10. The molecule has 3 heteroatoms. The third-order valence-corrected chi connectivity index (χ3v) is 3.01. The van der Waals surface area contributed by atoms with Crippen LogP contribution in [-0.2, 0) is 13.1 Å². The van der Waals surface area contributed by atoms with Crippen LogP contribution in [0.5, 0.6) is 0 Å². The number of nitrogens with one attached hydrogen (secondary N) is 1. The molecule has 2 aromatic rings. The molecule has 0 unspecified atom stereocenters. The van der Waals surface area contributed by atoms with E-state index in [-0.39, 0.29) is 5.91 Å². The Morgan fingerprint density at radius 1 is 0.950 bits per heavy atom. The van der Waals surface area contributed by atoms with Crippen molar-refractivity contribution in [2.75, 3.05) is 14.1 Å². The number of benzene rings is 2. The molecule has 0 aliphatic rings. The summed E-state index contributed by atoms with van der Waals surface area (Å²) in [6.45, 7) is 1.48. The van der Waals surface area contributed by atoms with Crippen molar-refractivity contribution in [1.82, 2.24) is 10.2 Å². The number of carbonyl (C=O) groups excluding carboxylic acids is 1. The minimum Gasteiger partial charge on any atom is -0.348 e. The summed E-state index contributed by atoms with van der Waals surface area (Å²) in [5.41, 5.74) is 3.07. The van der Waals surface area contributed by atoms with Crippen LogP contribution in [-0.4, -0.2) is 24.9 Å². The van der Waals surface area contributed by atoms with E-state index in [1.165, 1.54) is 5.56 Å². The summed E-state index contributed by atoms with van der Waals surface area (Å²) in [5, 5.41) is 2.93. The molecule has 0 aromatic heterocycles. The zero-order valence-electron chi connectivity index (χ0n) is 12.0. The number of hydrogen-bond acceptors (Lipinski definition) is 2. The van der Waals surface area contributed by atoms with E-state index in [4.69, 9.17) is 0 Å². The summed E-state index contributed by atoms with van der Waals surface area (Å²) in [5.74, 6) is -0.0389. The van der Waals surface area contributed by atoms with E-state index in [2.05, 4.69) is 34.5 Å². The lowest BCUT2D eigenvalue weighted by atomic mass is 10.1. The molecule has 2 rings (SSSR count). The molecular formula is C17H20N2O. The van der Waals surface area contributed by atoms with Gasteiger partial charge in [0.25, 0.3) is 5.91 Å². The first-order valence-electron chi connectivity index (χ1n) is 6.71. The number of nitrogens with zero attached hydrogens (tertiary/aromatic N) is 1. The molecule has 0 spiro atoms. The van der Waals surface area contributed by atoms with Gasteiger partial charge in [-0.15, -0.1) is 0 Å². The van der Waals surface area contributed by atoms with Gasteiger partial charge >= 0.3 is 0 Å². The van der Waals surface area contributed by atoms with Crippen molar-refractivity contribution >= 4 is 5.91 Å². The second kappa shape index (κ2) is 6.87. The van der Waals surface area contributed by atoms with Crippen LogP contribution in [0.25, 0.3) is 0 Å². The first-order chi connectivity index (χ1) is 9.65. The Bertz CT molecular complexity index is 547. The van der Waals surface area contributed by atoms with Crippen molar-refractivity contribution in [3.63, 3.8) is 0 Å². The molecule has 0 saturated carbocycles. The molecule has 0 fully saturated rings. The summed E-state index contributed by atoms with van der Waals surface area (Å²) >= 11 is 0. The third-order valence-electron chi connectivity index (χ3n) is 3.01. The molecule has 2 aromatic carbocycles. The minimum absolute atomic E-state index is 0.0389. The predicted molar refractivity (Wildman–Crippen MR) is 81.4 cm³/mol. The highest BCUT2D eigenvalue weighted by molar-refractivity contribution is 5.94. The van der Waals surface area contributed by atoms with Crippen LogP contribution in [0.15, 0.2) is 54.6 Å². The molecule has 0 aliphatic carbocycles. The lowest BCUT2D eigenvalue weighted by molar-refractivity contribution is 0.0951. The number of rotatable bonds is 5. The molecule has 0 atom stereocenters. The predicted octanol–water partition coefficient (Wildman–Crippen LogP) is 2.68. The van der Waals surface area contributed by atoms with Gasteiger partial charge in [0.15, 0.2) is 0 Å². The Hall–Kier alpha value is -2.13. The molecule has 0 bridgehead atoms. The zero-order valence-corrected chi connectivity index (χ0v) is 12.0. The van der Waals surface area contributed by atoms with Crippen LogP contribution in [0.4, 0.5) is 0 Å². The van der Waals surface area contributed by atoms with E-state index in [0.29, 0.717) is 12.1 Å². The van der Waals surface area contributed by atoms with E-state index >= 15 is 0 Å². The normalized spacial score (nSPS) is 10.6. The quantitative estimate of drug-likeness (QED) is 0.904. The lowest BCUT2D eigenvalue weighted by Crippen LogP contribution is -2.22. The molecule has 104 valence electrons. The molecule has 0 radical (unpaired) electrons. The van der Waals surface area contributed by atoms with Crippen LogP contribution in [0.3, 0.4) is 0 Å². The third kappa shape index (κ3) is 4.21. The van der Waals surface area contributed by atoms with Crippen LogP contribution < -0.4 is 5.32 Å². The second-order valence-corrected chi connectivity index (χ2v) is 5.10. The maximum Gasteiger partial charge on any atom is 0.251 e. The maximum absolute atomic E-state index is 11.9. The van der Waals surface area contributed by atoms with E-state index < -0.39 is 0 Å². The molecule has 20 heavy (non-hydrogen) atoms. The Balaban J connectivity index is 1.89. The Morgan fingerprint density at radius 2 is 1.55 bits per heavy atom. The van der Waals surface area contributed by atoms with Gasteiger partial charge in [0.05, 0.1) is 0 Å². The van der Waals surface area contributed by atoms with Crippen molar-refractivity contribution < 1.29 is 4.79 Å². The molecular weight excluding hydrogens is 248 g/mol. The van der Waals surface area contributed by atoms with Crippen LogP contribution in [0.2, 0.25) is 0 Å². The Labute approximate surface area is 120 Å². The summed E-state index contributed by atoms with van der Waals surface area (Å²) in [6, 6.07) is 17.6. The van der Waals surface area contributed by atoms with Gasteiger partial charge in [-0.3, -0.25) is 4.79 Å². The molecule has 3 nitrogen and oxygen atoms in total. The van der Waals surface area contributed by atoms with Crippen LogP contribution in [0, 0.1) is 0 Å². The fourth-order valence-electron chi connectivity index (χ4n) is 2.00. The van der Waals surface area contributed by atoms with E-state index in [1.807, 2.05) is 44.4 Å². The smallest absolute Gasteiger partial charge is 0.251 e. The van der Waals surface area contributed by atoms with Gasteiger partial charge in [0.2, 0.25) is 0 Å². The fraction of sp³-hybridized carbons (Fsp3) is 0.235. The van der Waals surface area contributed by atoms with Gasteiger partial charge in [-0.1, -0.05) is 42.5 Å². The van der Waals surface area contributed by atoms with Crippen molar-refractivity contribution in [3.8, 4) is 0 Å². The fourth-order valence-corrected chi connectivity index (χ4v) is 2.00. The average Bonchev–Trinajstić information content (AvgIpc) is 2.46. The van der Waals surface area contributed by atoms with Crippen molar-refractivity contribution in [3.05, 3.63) is 71.3 Å². The molecule has 1 N–H and O–H groups in total. The zero-order chi connectivity index (χ0) is 14.4. The topological polar surface area (TPSA) is 32.3 Å². The molecule has 0 saturated heterocycles. The van der Waals surface area contributed by atoms with E-state index in [0.717, 1.165) is 12.1 Å².